The molecular weight excluding hydrogens is 276 g/mol. The van der Waals surface area contributed by atoms with E-state index in [4.69, 9.17) is 5.73 Å². The molecule has 1 heterocycles. The minimum Gasteiger partial charge on any atom is -0.347 e. The molecule has 1 amide bonds. The minimum atomic E-state index is -0.0146. The van der Waals surface area contributed by atoms with Gasteiger partial charge in [-0.15, -0.1) is 11.3 Å². The van der Waals surface area contributed by atoms with Crippen molar-refractivity contribution in [2.45, 2.75) is 31.3 Å². The molecule has 1 aliphatic rings. The van der Waals surface area contributed by atoms with E-state index < -0.39 is 0 Å². The summed E-state index contributed by atoms with van der Waals surface area (Å²) in [5.41, 5.74) is 5.90. The van der Waals surface area contributed by atoms with E-state index in [1.807, 2.05) is 11.4 Å². The van der Waals surface area contributed by atoms with Gasteiger partial charge in [-0.05, 0) is 46.6 Å². The van der Waals surface area contributed by atoms with E-state index in [1.54, 1.807) is 0 Å². The number of nitrogens with one attached hydrogen (secondary N) is 1. The fourth-order valence-corrected chi connectivity index (χ4v) is 3.31. The second-order valence-corrected chi connectivity index (χ2v) is 5.54. The van der Waals surface area contributed by atoms with E-state index in [-0.39, 0.29) is 18.0 Å². The van der Waals surface area contributed by atoms with Crippen molar-refractivity contribution < 1.29 is 4.79 Å². The first-order valence-electron chi connectivity index (χ1n) is 4.98. The van der Waals surface area contributed by atoms with E-state index in [0.717, 1.165) is 28.6 Å². The van der Waals surface area contributed by atoms with Crippen LogP contribution < -0.4 is 11.1 Å². The number of carbonyl (C=O) groups excluding carboxylic acids is 1. The van der Waals surface area contributed by atoms with Gasteiger partial charge in [0.15, 0.2) is 0 Å². The summed E-state index contributed by atoms with van der Waals surface area (Å²) in [6.45, 7) is 0. The van der Waals surface area contributed by atoms with E-state index >= 15 is 0 Å². The van der Waals surface area contributed by atoms with Crippen LogP contribution in [0, 0.1) is 0 Å². The fourth-order valence-electron chi connectivity index (χ4n) is 1.86. The second kappa shape index (κ2) is 4.63. The first-order chi connectivity index (χ1) is 7.18. The summed E-state index contributed by atoms with van der Waals surface area (Å²) in [4.78, 5) is 12.6. The summed E-state index contributed by atoms with van der Waals surface area (Å²) in [6, 6.07) is 2.15. The topological polar surface area (TPSA) is 55.1 Å². The Hall–Kier alpha value is -0.390. The number of carbonyl (C=O) groups is 1. The van der Waals surface area contributed by atoms with Gasteiger partial charge < -0.3 is 11.1 Å². The summed E-state index contributed by atoms with van der Waals surface area (Å²) >= 11 is 4.79. The van der Waals surface area contributed by atoms with Gasteiger partial charge in [-0.1, -0.05) is 0 Å². The first-order valence-corrected chi connectivity index (χ1v) is 6.65. The van der Waals surface area contributed by atoms with Crippen molar-refractivity contribution in [2.75, 3.05) is 0 Å². The van der Waals surface area contributed by atoms with Gasteiger partial charge in [-0.3, -0.25) is 4.79 Å². The lowest BCUT2D eigenvalue weighted by molar-refractivity contribution is 0.0938. The van der Waals surface area contributed by atoms with Crippen LogP contribution >= 0.6 is 27.3 Å². The van der Waals surface area contributed by atoms with Crippen molar-refractivity contribution in [1.82, 2.24) is 5.32 Å². The maximum absolute atomic E-state index is 11.8. The Morgan fingerprint density at radius 2 is 2.40 bits per heavy atom. The van der Waals surface area contributed by atoms with Gasteiger partial charge in [0, 0.05) is 16.6 Å². The van der Waals surface area contributed by atoms with Gasteiger partial charge in [0.2, 0.25) is 0 Å². The number of halogens is 1. The van der Waals surface area contributed by atoms with Gasteiger partial charge in [-0.25, -0.2) is 0 Å². The van der Waals surface area contributed by atoms with Crippen LogP contribution in [0.25, 0.3) is 0 Å². The molecule has 1 aliphatic carbocycles. The van der Waals surface area contributed by atoms with Crippen molar-refractivity contribution in [2.24, 2.45) is 5.73 Å². The maximum atomic E-state index is 11.8. The summed E-state index contributed by atoms with van der Waals surface area (Å²) in [7, 11) is 0. The van der Waals surface area contributed by atoms with E-state index in [0.29, 0.717) is 0 Å². The Kier molecular flexibility index (Phi) is 3.43. The lowest BCUT2D eigenvalue weighted by atomic mass is 10.2. The zero-order valence-corrected chi connectivity index (χ0v) is 10.6. The molecule has 0 aromatic carbocycles. The molecule has 3 nitrogen and oxygen atoms in total. The zero-order chi connectivity index (χ0) is 10.8. The number of amides is 1. The number of hydrogen-bond donors (Lipinski definition) is 2. The Morgan fingerprint density at radius 1 is 1.60 bits per heavy atom. The third kappa shape index (κ3) is 2.41. The smallest absolute Gasteiger partial charge is 0.262 e. The van der Waals surface area contributed by atoms with Crippen molar-refractivity contribution in [1.29, 1.82) is 0 Å². The molecule has 82 valence electrons. The molecule has 2 rings (SSSR count). The number of nitrogens with two attached hydrogens (primary N) is 1. The lowest BCUT2D eigenvalue weighted by Crippen LogP contribution is -2.43. The minimum absolute atomic E-state index is 0.0146. The standard InChI is InChI=1S/C10H13BrN2OS/c11-6-4-5-15-9(6)10(14)13-8-3-1-2-7(8)12/h4-5,7-8H,1-3,12H2,(H,13,14). The maximum Gasteiger partial charge on any atom is 0.262 e. The van der Waals surface area contributed by atoms with Crippen LogP contribution in [0.3, 0.4) is 0 Å². The summed E-state index contributed by atoms with van der Waals surface area (Å²) < 4.78 is 0.858. The van der Waals surface area contributed by atoms with Crippen LogP contribution in [0.1, 0.15) is 28.9 Å². The highest BCUT2D eigenvalue weighted by Crippen LogP contribution is 2.24. The molecule has 2 unspecified atom stereocenters. The third-order valence-corrected chi connectivity index (χ3v) is 4.55. The highest BCUT2D eigenvalue weighted by atomic mass is 79.9. The highest BCUT2D eigenvalue weighted by molar-refractivity contribution is 9.10. The first kappa shape index (κ1) is 11.1. The molecule has 5 heteroatoms. The lowest BCUT2D eigenvalue weighted by Gasteiger charge is -2.16. The van der Waals surface area contributed by atoms with Crippen LogP contribution in [0.2, 0.25) is 0 Å². The predicted molar refractivity (Wildman–Crippen MR) is 65.1 cm³/mol. The van der Waals surface area contributed by atoms with Gasteiger partial charge in [0.25, 0.3) is 5.91 Å². The van der Waals surface area contributed by atoms with E-state index in [9.17, 15) is 4.79 Å². The molecular formula is C10H13BrN2OS. The van der Waals surface area contributed by atoms with Gasteiger partial charge in [0.05, 0.1) is 0 Å². The Morgan fingerprint density at radius 3 is 2.93 bits per heavy atom. The van der Waals surface area contributed by atoms with Crippen molar-refractivity contribution >= 4 is 33.2 Å². The monoisotopic (exact) mass is 288 g/mol. The van der Waals surface area contributed by atoms with Crippen LogP contribution in [0.4, 0.5) is 0 Å². The predicted octanol–water partition coefficient (Wildman–Crippen LogP) is 2.12. The van der Waals surface area contributed by atoms with Crippen LogP contribution in [0.15, 0.2) is 15.9 Å². The van der Waals surface area contributed by atoms with Crippen LogP contribution in [-0.4, -0.2) is 18.0 Å². The second-order valence-electron chi connectivity index (χ2n) is 3.77. The molecule has 1 fully saturated rings. The van der Waals surface area contributed by atoms with Crippen LogP contribution in [-0.2, 0) is 0 Å². The Bertz CT molecular complexity index is 366. The van der Waals surface area contributed by atoms with Gasteiger partial charge in [-0.2, -0.15) is 0 Å². The number of hydrogen-bond acceptors (Lipinski definition) is 3. The highest BCUT2D eigenvalue weighted by Gasteiger charge is 2.26. The van der Waals surface area contributed by atoms with Gasteiger partial charge in [0.1, 0.15) is 4.88 Å². The van der Waals surface area contributed by atoms with Crippen molar-refractivity contribution in [3.05, 3.63) is 20.8 Å². The molecule has 0 spiro atoms. The van der Waals surface area contributed by atoms with E-state index in [2.05, 4.69) is 21.2 Å². The molecule has 1 saturated carbocycles. The molecule has 0 aliphatic heterocycles. The van der Waals surface area contributed by atoms with E-state index in [1.165, 1.54) is 11.3 Å². The Balaban J connectivity index is 2.01. The van der Waals surface area contributed by atoms with Crippen molar-refractivity contribution in [3.63, 3.8) is 0 Å². The third-order valence-electron chi connectivity index (χ3n) is 2.71. The fraction of sp³-hybridized carbons (Fsp3) is 0.500. The molecule has 3 N–H and O–H groups in total. The summed E-state index contributed by atoms with van der Waals surface area (Å²) in [5.74, 6) is -0.0146. The largest absolute Gasteiger partial charge is 0.347 e. The Labute approximate surface area is 101 Å². The number of rotatable bonds is 2. The SMILES string of the molecule is NC1CCCC1NC(=O)c1sccc1Br. The van der Waals surface area contributed by atoms with Crippen molar-refractivity contribution in [3.8, 4) is 0 Å². The molecule has 2 atom stereocenters. The normalized spacial score (nSPS) is 25.5. The zero-order valence-electron chi connectivity index (χ0n) is 8.20. The summed E-state index contributed by atoms with van der Waals surface area (Å²) in [5, 5.41) is 4.88. The average molecular weight is 289 g/mol. The quantitative estimate of drug-likeness (QED) is 0.876. The molecule has 0 radical (unpaired) electrons. The van der Waals surface area contributed by atoms with Gasteiger partial charge >= 0.3 is 0 Å². The number of thiophene rings is 1. The summed E-state index contributed by atoms with van der Waals surface area (Å²) in [6.07, 6.45) is 3.12. The molecule has 0 bridgehead atoms. The molecule has 1 aromatic rings. The van der Waals surface area contributed by atoms with Crippen LogP contribution in [0.5, 0.6) is 0 Å². The molecule has 15 heavy (non-hydrogen) atoms. The molecule has 0 saturated heterocycles. The molecule has 1 aromatic heterocycles. The average Bonchev–Trinajstić information content (AvgIpc) is 2.76.